The minimum Gasteiger partial charge on any atom is -0.461 e. The number of furan rings is 1. The first-order chi connectivity index (χ1) is 10.2. The molecule has 3 rings (SSSR count). The lowest BCUT2D eigenvalue weighted by atomic mass is 10.2. The summed E-state index contributed by atoms with van der Waals surface area (Å²) in [4.78, 5) is 16.3. The van der Waals surface area contributed by atoms with Crippen LogP contribution in [0.3, 0.4) is 0 Å². The van der Waals surface area contributed by atoms with Crippen molar-refractivity contribution < 1.29 is 13.6 Å². The second-order valence-corrected chi connectivity index (χ2v) is 5.14. The first kappa shape index (κ1) is 19.5. The molecule has 0 bridgehead atoms. The summed E-state index contributed by atoms with van der Waals surface area (Å²) in [6.45, 7) is 3.66. The van der Waals surface area contributed by atoms with Crippen LogP contribution in [0.5, 0.6) is 0 Å². The van der Waals surface area contributed by atoms with E-state index in [4.69, 9.17) is 4.42 Å². The number of hydrogen-bond donors (Lipinski definition) is 0. The molecule has 0 saturated carbocycles. The summed E-state index contributed by atoms with van der Waals surface area (Å²) in [5, 5.41) is 0. The van der Waals surface area contributed by atoms with Crippen LogP contribution in [0.1, 0.15) is 10.6 Å². The maximum Gasteiger partial charge on any atom is 0.211 e. The number of nitrogens with zero attached hydrogens (tertiary/aromatic N) is 2. The number of piperazine rings is 1. The largest absolute Gasteiger partial charge is 0.461 e. The van der Waals surface area contributed by atoms with Gasteiger partial charge in [-0.15, -0.1) is 24.8 Å². The van der Waals surface area contributed by atoms with Crippen LogP contribution in [0.4, 0.5) is 10.1 Å². The molecule has 1 fully saturated rings. The Kier molecular flexibility index (Phi) is 7.55. The second-order valence-electron chi connectivity index (χ2n) is 5.14. The Bertz CT molecular complexity index is 597. The van der Waals surface area contributed by atoms with Crippen molar-refractivity contribution in [3.63, 3.8) is 0 Å². The Balaban J connectivity index is 0.00000132. The van der Waals surface area contributed by atoms with E-state index in [1.807, 2.05) is 0 Å². The van der Waals surface area contributed by atoms with Gasteiger partial charge in [0.15, 0.2) is 5.76 Å². The van der Waals surface area contributed by atoms with E-state index < -0.39 is 0 Å². The average Bonchev–Trinajstić information content (AvgIpc) is 3.03. The van der Waals surface area contributed by atoms with Gasteiger partial charge in [0.1, 0.15) is 5.82 Å². The molecular weight excluding hydrogens is 342 g/mol. The minimum atomic E-state index is -0.221. The zero-order valence-electron chi connectivity index (χ0n) is 12.5. The van der Waals surface area contributed by atoms with Gasteiger partial charge < -0.3 is 9.32 Å². The molecular formula is C16H19Cl2FN2O2. The summed E-state index contributed by atoms with van der Waals surface area (Å²) in [6, 6.07) is 9.94. The molecule has 1 aliphatic heterocycles. The Morgan fingerprint density at radius 1 is 1.04 bits per heavy atom. The highest BCUT2D eigenvalue weighted by Crippen LogP contribution is 2.17. The predicted molar refractivity (Wildman–Crippen MR) is 92.6 cm³/mol. The highest BCUT2D eigenvalue weighted by atomic mass is 35.5. The number of carbonyl (C=O) groups excluding carboxylic acids is 1. The van der Waals surface area contributed by atoms with Crippen LogP contribution in [-0.2, 0) is 0 Å². The number of ketones is 1. The Morgan fingerprint density at radius 2 is 1.70 bits per heavy atom. The molecule has 0 radical (unpaired) electrons. The van der Waals surface area contributed by atoms with Gasteiger partial charge in [0.2, 0.25) is 5.78 Å². The summed E-state index contributed by atoms with van der Waals surface area (Å²) in [5.74, 6) is 0.202. The molecule has 0 spiro atoms. The third kappa shape index (κ3) is 4.96. The van der Waals surface area contributed by atoms with Crippen LogP contribution in [0.2, 0.25) is 0 Å². The van der Waals surface area contributed by atoms with E-state index in [0.29, 0.717) is 12.3 Å². The monoisotopic (exact) mass is 360 g/mol. The fraction of sp³-hybridized carbons (Fsp3) is 0.312. The van der Waals surface area contributed by atoms with Crippen LogP contribution in [0, 0.1) is 5.82 Å². The van der Waals surface area contributed by atoms with Gasteiger partial charge in [-0.25, -0.2) is 4.39 Å². The molecule has 126 valence electrons. The van der Waals surface area contributed by atoms with Crippen LogP contribution in [0.15, 0.2) is 47.1 Å². The van der Waals surface area contributed by atoms with Crippen LogP contribution in [0.25, 0.3) is 0 Å². The van der Waals surface area contributed by atoms with Gasteiger partial charge in [-0.3, -0.25) is 9.69 Å². The molecule has 1 saturated heterocycles. The Morgan fingerprint density at radius 3 is 2.26 bits per heavy atom. The number of hydrogen-bond acceptors (Lipinski definition) is 4. The molecule has 1 aliphatic rings. The lowest BCUT2D eigenvalue weighted by molar-refractivity contribution is 0.0899. The van der Waals surface area contributed by atoms with Crippen molar-refractivity contribution in [3.05, 3.63) is 54.2 Å². The molecule has 23 heavy (non-hydrogen) atoms. The number of anilines is 1. The second kappa shape index (κ2) is 8.91. The Hall–Kier alpha value is -1.56. The van der Waals surface area contributed by atoms with E-state index >= 15 is 0 Å². The number of benzene rings is 1. The molecule has 0 atom stereocenters. The molecule has 0 unspecified atom stereocenters. The molecule has 2 aromatic rings. The van der Waals surface area contributed by atoms with Crippen molar-refractivity contribution in [3.8, 4) is 0 Å². The van der Waals surface area contributed by atoms with Gasteiger partial charge >= 0.3 is 0 Å². The summed E-state index contributed by atoms with van der Waals surface area (Å²) >= 11 is 0. The van der Waals surface area contributed by atoms with Crippen molar-refractivity contribution in [2.45, 2.75) is 0 Å². The normalized spacial score (nSPS) is 14.7. The molecule has 0 N–H and O–H groups in total. The molecule has 0 amide bonds. The number of rotatable bonds is 4. The first-order valence-electron chi connectivity index (χ1n) is 7.02. The molecule has 2 heterocycles. The van der Waals surface area contributed by atoms with Crippen molar-refractivity contribution in [1.29, 1.82) is 0 Å². The molecule has 1 aromatic heterocycles. The van der Waals surface area contributed by atoms with Crippen molar-refractivity contribution >= 4 is 36.3 Å². The molecule has 4 nitrogen and oxygen atoms in total. The third-order valence-electron chi connectivity index (χ3n) is 3.73. The standard InChI is InChI=1S/C16H17FN2O2.2ClH/c17-13-3-5-14(6-4-13)19-9-7-18(8-10-19)12-15(20)16-2-1-11-21-16;;/h1-6,11H,7-10,12H2;2*1H. The fourth-order valence-corrected chi connectivity index (χ4v) is 2.53. The van der Waals surface area contributed by atoms with Crippen LogP contribution >= 0.6 is 24.8 Å². The van der Waals surface area contributed by atoms with Crippen molar-refractivity contribution in [2.24, 2.45) is 0 Å². The third-order valence-corrected chi connectivity index (χ3v) is 3.73. The van der Waals surface area contributed by atoms with Gasteiger partial charge in [0, 0.05) is 31.9 Å². The topological polar surface area (TPSA) is 36.7 Å². The summed E-state index contributed by atoms with van der Waals surface area (Å²) in [5.41, 5.74) is 1.02. The molecule has 0 aliphatic carbocycles. The fourth-order valence-electron chi connectivity index (χ4n) is 2.53. The van der Waals surface area contributed by atoms with Crippen molar-refractivity contribution in [1.82, 2.24) is 4.90 Å². The zero-order valence-corrected chi connectivity index (χ0v) is 14.1. The van der Waals surface area contributed by atoms with E-state index in [0.717, 1.165) is 31.9 Å². The quantitative estimate of drug-likeness (QED) is 0.784. The van der Waals surface area contributed by atoms with Crippen LogP contribution < -0.4 is 4.90 Å². The van der Waals surface area contributed by atoms with Gasteiger partial charge in [-0.2, -0.15) is 0 Å². The predicted octanol–water partition coefficient (Wildman–Crippen LogP) is 3.27. The highest BCUT2D eigenvalue weighted by molar-refractivity contribution is 5.95. The van der Waals surface area contributed by atoms with E-state index in [-0.39, 0.29) is 36.4 Å². The van der Waals surface area contributed by atoms with E-state index in [2.05, 4.69) is 9.80 Å². The van der Waals surface area contributed by atoms with E-state index in [1.165, 1.54) is 18.4 Å². The smallest absolute Gasteiger partial charge is 0.211 e. The summed E-state index contributed by atoms with van der Waals surface area (Å²) < 4.78 is 18.0. The summed E-state index contributed by atoms with van der Waals surface area (Å²) in [7, 11) is 0. The Labute approximate surface area is 147 Å². The van der Waals surface area contributed by atoms with Gasteiger partial charge in [0.05, 0.1) is 12.8 Å². The van der Waals surface area contributed by atoms with Crippen molar-refractivity contribution in [2.75, 3.05) is 37.6 Å². The average molecular weight is 361 g/mol. The minimum absolute atomic E-state index is 0. The van der Waals surface area contributed by atoms with Crippen LogP contribution in [-0.4, -0.2) is 43.4 Å². The lowest BCUT2D eigenvalue weighted by Gasteiger charge is -2.35. The number of carbonyl (C=O) groups is 1. The SMILES string of the molecule is Cl.Cl.O=C(CN1CCN(c2ccc(F)cc2)CC1)c1ccco1. The molecule has 1 aromatic carbocycles. The number of halogens is 3. The maximum atomic E-state index is 12.9. The first-order valence-corrected chi connectivity index (χ1v) is 7.02. The maximum absolute atomic E-state index is 12.9. The number of Topliss-reactive ketones (excluding diaryl/α,β-unsaturated/α-hetero) is 1. The van der Waals surface area contributed by atoms with E-state index in [1.54, 1.807) is 24.3 Å². The summed E-state index contributed by atoms with van der Waals surface area (Å²) in [6.07, 6.45) is 1.51. The van der Waals surface area contributed by atoms with Gasteiger partial charge in [0.25, 0.3) is 0 Å². The highest BCUT2D eigenvalue weighted by Gasteiger charge is 2.20. The van der Waals surface area contributed by atoms with Gasteiger partial charge in [-0.1, -0.05) is 0 Å². The van der Waals surface area contributed by atoms with Gasteiger partial charge in [-0.05, 0) is 36.4 Å². The zero-order chi connectivity index (χ0) is 14.7. The molecule has 7 heteroatoms. The van der Waals surface area contributed by atoms with E-state index in [9.17, 15) is 9.18 Å². The lowest BCUT2D eigenvalue weighted by Crippen LogP contribution is -2.48.